The van der Waals surface area contributed by atoms with Crippen molar-refractivity contribution in [3.8, 4) is 0 Å². The summed E-state index contributed by atoms with van der Waals surface area (Å²) in [5.74, 6) is -0.0752. The van der Waals surface area contributed by atoms with Crippen LogP contribution in [0, 0.1) is 18.2 Å². The molecule has 0 bridgehead atoms. The smallest absolute Gasteiger partial charge is 0.126 e. The molecule has 1 aromatic rings. The van der Waals surface area contributed by atoms with E-state index in [0.29, 0.717) is 6.04 Å². The van der Waals surface area contributed by atoms with Gasteiger partial charge in [0.05, 0.1) is 0 Å². The lowest BCUT2D eigenvalue weighted by Crippen LogP contribution is -2.41. The zero-order valence-electron chi connectivity index (χ0n) is 13.0. The molecule has 0 radical (unpaired) electrons. The van der Waals surface area contributed by atoms with Gasteiger partial charge >= 0.3 is 0 Å². The van der Waals surface area contributed by atoms with E-state index in [9.17, 15) is 4.39 Å². The summed E-state index contributed by atoms with van der Waals surface area (Å²) < 4.78 is 13.7. The molecule has 0 spiro atoms. The molecule has 1 atom stereocenters. The van der Waals surface area contributed by atoms with Gasteiger partial charge in [-0.25, -0.2) is 4.39 Å². The number of aryl methyl sites for hydroxylation is 2. The molecule has 1 aromatic carbocycles. The van der Waals surface area contributed by atoms with Crippen LogP contribution in [-0.4, -0.2) is 12.6 Å². The van der Waals surface area contributed by atoms with Crippen LogP contribution in [0.4, 0.5) is 4.39 Å². The summed E-state index contributed by atoms with van der Waals surface area (Å²) in [4.78, 5) is 0. The van der Waals surface area contributed by atoms with E-state index in [2.05, 4.69) is 33.0 Å². The van der Waals surface area contributed by atoms with Crippen LogP contribution < -0.4 is 5.32 Å². The molecule has 0 amide bonds. The fourth-order valence-electron chi connectivity index (χ4n) is 2.35. The topological polar surface area (TPSA) is 12.0 Å². The first-order valence-electron chi connectivity index (χ1n) is 7.33. The van der Waals surface area contributed by atoms with Crippen molar-refractivity contribution in [2.75, 3.05) is 6.54 Å². The maximum atomic E-state index is 13.7. The quantitative estimate of drug-likeness (QED) is 0.799. The van der Waals surface area contributed by atoms with Crippen LogP contribution in [0.3, 0.4) is 0 Å². The lowest BCUT2D eigenvalue weighted by Gasteiger charge is -2.32. The van der Waals surface area contributed by atoms with Gasteiger partial charge in [0.25, 0.3) is 0 Å². The molecule has 19 heavy (non-hydrogen) atoms. The average molecular weight is 265 g/mol. The fraction of sp³-hybridized carbons (Fsp3) is 0.647. The summed E-state index contributed by atoms with van der Waals surface area (Å²) in [6.07, 6.45) is 2.90. The van der Waals surface area contributed by atoms with Gasteiger partial charge in [0, 0.05) is 6.04 Å². The van der Waals surface area contributed by atoms with Gasteiger partial charge in [0.2, 0.25) is 0 Å². The summed E-state index contributed by atoms with van der Waals surface area (Å²) in [6.45, 7) is 11.9. The summed E-state index contributed by atoms with van der Waals surface area (Å²) >= 11 is 0. The first kappa shape index (κ1) is 16.2. The Hall–Kier alpha value is -0.890. The molecule has 0 saturated carbocycles. The van der Waals surface area contributed by atoms with Gasteiger partial charge < -0.3 is 5.32 Å². The van der Waals surface area contributed by atoms with Crippen LogP contribution >= 0.6 is 0 Å². The van der Waals surface area contributed by atoms with Crippen molar-refractivity contribution >= 4 is 0 Å². The first-order valence-corrected chi connectivity index (χ1v) is 7.33. The Morgan fingerprint density at radius 3 is 2.53 bits per heavy atom. The highest BCUT2D eigenvalue weighted by Crippen LogP contribution is 2.24. The van der Waals surface area contributed by atoms with Gasteiger partial charge in [-0.2, -0.15) is 0 Å². The van der Waals surface area contributed by atoms with Gasteiger partial charge in [-0.05, 0) is 49.8 Å². The second kappa shape index (κ2) is 7.04. The summed E-state index contributed by atoms with van der Waals surface area (Å²) in [6, 6.07) is 5.80. The summed E-state index contributed by atoms with van der Waals surface area (Å²) in [5.41, 5.74) is 2.17. The molecular weight excluding hydrogens is 237 g/mol. The van der Waals surface area contributed by atoms with Gasteiger partial charge in [-0.1, -0.05) is 45.4 Å². The van der Waals surface area contributed by atoms with Crippen LogP contribution in [0.25, 0.3) is 0 Å². The van der Waals surface area contributed by atoms with Crippen molar-refractivity contribution in [3.05, 3.63) is 35.1 Å². The Labute approximate surface area is 117 Å². The maximum absolute atomic E-state index is 13.7. The van der Waals surface area contributed by atoms with Gasteiger partial charge in [0.1, 0.15) is 5.82 Å². The highest BCUT2D eigenvalue weighted by atomic mass is 19.1. The van der Waals surface area contributed by atoms with E-state index in [1.807, 2.05) is 19.1 Å². The monoisotopic (exact) mass is 265 g/mol. The molecule has 0 fully saturated rings. The molecule has 0 aliphatic carbocycles. The standard InChI is InChI=1S/C17H28FN/c1-6-11-19-16(17(3,4)5)10-8-14-12-13(2)7-9-15(14)18/h7,9,12,16,19H,6,8,10-11H2,1-5H3. The van der Waals surface area contributed by atoms with Gasteiger partial charge in [-0.3, -0.25) is 0 Å². The maximum Gasteiger partial charge on any atom is 0.126 e. The molecule has 108 valence electrons. The van der Waals surface area contributed by atoms with E-state index in [0.717, 1.165) is 36.9 Å². The van der Waals surface area contributed by atoms with E-state index in [1.54, 1.807) is 6.07 Å². The van der Waals surface area contributed by atoms with Crippen molar-refractivity contribution in [3.63, 3.8) is 0 Å². The van der Waals surface area contributed by atoms with E-state index >= 15 is 0 Å². The highest BCUT2D eigenvalue weighted by molar-refractivity contribution is 5.24. The third-order valence-corrected chi connectivity index (χ3v) is 3.59. The summed E-state index contributed by atoms with van der Waals surface area (Å²) in [7, 11) is 0. The molecular formula is C17H28FN. The molecule has 1 rings (SSSR count). The number of nitrogens with one attached hydrogen (secondary N) is 1. The predicted octanol–water partition coefficient (Wildman–Crippen LogP) is 4.48. The molecule has 2 heteroatoms. The molecule has 0 saturated heterocycles. The second-order valence-electron chi connectivity index (χ2n) is 6.51. The Kier molecular flexibility index (Phi) is 5.99. The molecule has 0 aromatic heterocycles. The molecule has 0 aliphatic heterocycles. The third-order valence-electron chi connectivity index (χ3n) is 3.59. The van der Waals surface area contributed by atoms with Gasteiger partial charge in [-0.15, -0.1) is 0 Å². The van der Waals surface area contributed by atoms with Crippen LogP contribution in [0.1, 0.15) is 51.7 Å². The number of hydrogen-bond donors (Lipinski definition) is 1. The minimum atomic E-state index is -0.0752. The number of rotatable bonds is 6. The van der Waals surface area contributed by atoms with E-state index in [-0.39, 0.29) is 11.2 Å². The van der Waals surface area contributed by atoms with Crippen molar-refractivity contribution in [1.82, 2.24) is 5.32 Å². The van der Waals surface area contributed by atoms with Crippen LogP contribution in [-0.2, 0) is 6.42 Å². The van der Waals surface area contributed by atoms with E-state index in [4.69, 9.17) is 0 Å². The number of benzene rings is 1. The average Bonchev–Trinajstić information content (AvgIpc) is 2.31. The second-order valence-corrected chi connectivity index (χ2v) is 6.51. The zero-order chi connectivity index (χ0) is 14.5. The highest BCUT2D eigenvalue weighted by Gasteiger charge is 2.23. The Bertz CT molecular complexity index is 393. The minimum Gasteiger partial charge on any atom is -0.313 e. The molecule has 0 heterocycles. The molecule has 1 unspecified atom stereocenters. The van der Waals surface area contributed by atoms with Crippen LogP contribution in [0.15, 0.2) is 18.2 Å². The van der Waals surface area contributed by atoms with Crippen molar-refractivity contribution < 1.29 is 4.39 Å². The number of halogens is 1. The SMILES string of the molecule is CCCNC(CCc1cc(C)ccc1F)C(C)(C)C. The van der Waals surface area contributed by atoms with Crippen LogP contribution in [0.5, 0.6) is 0 Å². The first-order chi connectivity index (χ1) is 8.84. The van der Waals surface area contributed by atoms with Gasteiger partial charge in [0.15, 0.2) is 0 Å². The normalized spacial score (nSPS) is 13.6. The third kappa shape index (κ3) is 5.32. The predicted molar refractivity (Wildman–Crippen MR) is 81.0 cm³/mol. The van der Waals surface area contributed by atoms with E-state index in [1.165, 1.54) is 0 Å². The lowest BCUT2D eigenvalue weighted by molar-refractivity contribution is 0.255. The molecule has 1 N–H and O–H groups in total. The molecule has 1 nitrogen and oxygen atoms in total. The van der Waals surface area contributed by atoms with Crippen molar-refractivity contribution in [2.24, 2.45) is 5.41 Å². The Morgan fingerprint density at radius 2 is 1.95 bits per heavy atom. The van der Waals surface area contributed by atoms with E-state index < -0.39 is 0 Å². The summed E-state index contributed by atoms with van der Waals surface area (Å²) in [5, 5.41) is 3.59. The lowest BCUT2D eigenvalue weighted by atomic mass is 9.83. The fourth-order valence-corrected chi connectivity index (χ4v) is 2.35. The van der Waals surface area contributed by atoms with Crippen molar-refractivity contribution in [2.45, 2.75) is 59.9 Å². The number of hydrogen-bond acceptors (Lipinski definition) is 1. The molecule has 0 aliphatic rings. The zero-order valence-corrected chi connectivity index (χ0v) is 13.0. The Morgan fingerprint density at radius 1 is 1.26 bits per heavy atom. The largest absolute Gasteiger partial charge is 0.313 e. The minimum absolute atomic E-state index is 0.0752. The van der Waals surface area contributed by atoms with Crippen molar-refractivity contribution in [1.29, 1.82) is 0 Å². The van der Waals surface area contributed by atoms with Crippen LogP contribution in [0.2, 0.25) is 0 Å². The Balaban J connectivity index is 2.67.